The van der Waals surface area contributed by atoms with E-state index in [4.69, 9.17) is 77.3 Å². The number of hydrogen-bond acceptors (Lipinski definition) is 35. The van der Waals surface area contributed by atoms with Gasteiger partial charge in [0.25, 0.3) is 0 Å². The summed E-state index contributed by atoms with van der Waals surface area (Å²) in [6.45, 7) is 2.38. The SMILES string of the molecule is COCCC[S@@](=O)c1sc2nc(-c3cccnc3)cc(-c3cn(C)cn3)c2c1N.COCCC[S@@](=O)c1sc2nc(-c3cccnc3)nc(-c3ccc(F)cc3)c2c1N.COCCC[S@](=O)c1sc2nc(-c3cccnc3)cc(-c3cn(C)cn3)c2c1N.COCCS(=O)c1sc2nc(-c3cccnc3)nc(-c3ccc(F)cc3)c2c1N.COCC[S@](=O)c1sc2nc(-c3cccnc3)nc(-c3ccc(F)cc3)c2c1N. The Morgan fingerprint density at radius 2 is 0.555 bits per heavy atom. The molecule has 0 radical (unpaired) electrons. The number of imidazole rings is 2. The van der Waals surface area contributed by atoms with E-state index >= 15 is 0 Å². The molecule has 20 rings (SSSR count). The molecule has 0 bridgehead atoms. The lowest BCUT2D eigenvalue weighted by Crippen LogP contribution is -2.04. The number of anilines is 5. The average molecular weight is 2150 g/mol. The average Bonchev–Trinajstić information content (AvgIpc) is 1.62. The molecule has 3 aromatic carbocycles. The van der Waals surface area contributed by atoms with E-state index < -0.39 is 54.0 Å². The maximum absolute atomic E-state index is 13.5. The van der Waals surface area contributed by atoms with Gasteiger partial charge < -0.3 is 61.5 Å². The van der Waals surface area contributed by atoms with Crippen molar-refractivity contribution < 1.29 is 57.9 Å². The van der Waals surface area contributed by atoms with E-state index in [2.05, 4.69) is 49.8 Å². The second kappa shape index (κ2) is 49.6. The Labute approximate surface area is 868 Å². The van der Waals surface area contributed by atoms with Crippen molar-refractivity contribution in [1.82, 2.24) is 83.9 Å². The zero-order valence-corrected chi connectivity index (χ0v) is 87.6. The van der Waals surface area contributed by atoms with Crippen molar-refractivity contribution >= 4 is 190 Å². The summed E-state index contributed by atoms with van der Waals surface area (Å²) in [5.41, 5.74) is 47.1. The quantitative estimate of drug-likeness (QED) is 0.0238. The fourth-order valence-corrected chi connectivity index (χ4v) is 27.9. The van der Waals surface area contributed by atoms with Crippen LogP contribution >= 0.6 is 56.7 Å². The summed E-state index contributed by atoms with van der Waals surface area (Å²) in [6, 6.07) is 40.7. The van der Waals surface area contributed by atoms with Crippen LogP contribution in [-0.2, 0) is 91.8 Å². The Morgan fingerprint density at radius 3 is 0.801 bits per heavy atom. The van der Waals surface area contributed by atoms with Crippen LogP contribution in [0, 0.1) is 17.5 Å². The Bertz CT molecular complexity index is 7710. The van der Waals surface area contributed by atoms with Gasteiger partial charge in [-0.05, 0) is 165 Å². The molecule has 17 heterocycles. The Morgan fingerprint density at radius 1 is 0.301 bits per heavy atom. The van der Waals surface area contributed by atoms with Gasteiger partial charge in [-0.2, -0.15) is 0 Å². The van der Waals surface area contributed by atoms with Crippen molar-refractivity contribution in [1.29, 1.82) is 0 Å². The molecule has 5 atom stereocenters. The Kier molecular flexibility index (Phi) is 35.8. The lowest BCUT2D eigenvalue weighted by molar-refractivity contribution is 0.200. The number of nitrogens with zero attached hydrogens (tertiary/aromatic N) is 17. The van der Waals surface area contributed by atoms with Crippen LogP contribution in [0.1, 0.15) is 19.3 Å². The topological polar surface area (TPSA) is 465 Å². The third kappa shape index (κ3) is 24.7. The number of rotatable bonds is 33. The molecule has 0 spiro atoms. The van der Waals surface area contributed by atoms with Gasteiger partial charge in [0.2, 0.25) is 0 Å². The second-order valence-corrected chi connectivity index (χ2v) is 45.9. The number of thiophene rings is 5. The number of nitrogen functional groups attached to an aromatic ring is 5. The number of ether oxygens (including phenoxy) is 5. The minimum Gasteiger partial charge on any atom is -0.396 e. The first-order valence-electron chi connectivity index (χ1n) is 44.8. The predicted molar refractivity (Wildman–Crippen MR) is 580 cm³/mol. The first-order chi connectivity index (χ1) is 70.9. The standard InChI is InChI=1S/C21H19FN4O2S2.2C20H17FN4O2S2.2C20H21N5O2S2/c1-28-10-3-11-30(27)21-17(23)16-18(13-5-7-15(22)8-6-13)25-19(26-20(16)29-21)14-4-2-9-24-12-14;2*1-27-9-10-29(26)20-16(22)15-17(12-4-6-14(21)7-5-12)24-18(25-19(15)28-20)13-3-2-8-23-11-13;2*1-25-11-16(23-12-25)14-9-15(13-5-3-6-22-10-13)24-19-17(14)18(21)20(28-19)29(26)8-4-7-27-2/h2,4-9,12H,3,10-11,23H2,1H3;2*2-8,11H,9-10,22H2,1H3;2*3,5-6,9-12H,4,7-8,21H2,1-2H3/t30-;29-;;2*29-/m10.10/s1. The summed E-state index contributed by atoms with van der Waals surface area (Å²) in [4.78, 5) is 70.8. The third-order valence-electron chi connectivity index (χ3n) is 22.0. The number of fused-ring (bicyclic) bond motifs is 5. The van der Waals surface area contributed by atoms with E-state index in [1.165, 1.54) is 93.1 Å². The fraction of sp³-hybridized carbons (Fsp3) is 0.198. The molecule has 17 aromatic heterocycles. The second-order valence-electron chi connectivity index (χ2n) is 32.1. The van der Waals surface area contributed by atoms with E-state index in [-0.39, 0.29) is 17.5 Å². The normalized spacial score (nSPS) is 12.4. The molecule has 146 heavy (non-hydrogen) atoms. The van der Waals surface area contributed by atoms with Gasteiger partial charge in [0.1, 0.15) is 62.6 Å². The molecule has 0 aliphatic carbocycles. The van der Waals surface area contributed by atoms with Crippen LogP contribution in [0.5, 0.6) is 0 Å². The highest BCUT2D eigenvalue weighted by Crippen LogP contribution is 2.48. The number of aromatic nitrogens is 17. The minimum atomic E-state index is -1.32. The highest BCUT2D eigenvalue weighted by molar-refractivity contribution is 7.89. The molecule has 750 valence electrons. The highest BCUT2D eigenvalue weighted by atomic mass is 32.2. The summed E-state index contributed by atoms with van der Waals surface area (Å²) >= 11 is 6.62. The summed E-state index contributed by atoms with van der Waals surface area (Å²) in [5, 5.41) is 3.48. The van der Waals surface area contributed by atoms with Crippen molar-refractivity contribution in [3.8, 4) is 113 Å². The lowest BCUT2D eigenvalue weighted by Gasteiger charge is -2.07. The van der Waals surface area contributed by atoms with Crippen molar-refractivity contribution in [2.24, 2.45) is 14.1 Å². The maximum atomic E-state index is 13.5. The van der Waals surface area contributed by atoms with Crippen molar-refractivity contribution in [2.75, 3.05) is 126 Å². The fourth-order valence-electron chi connectivity index (χ4n) is 15.0. The van der Waals surface area contributed by atoms with Gasteiger partial charge in [-0.25, -0.2) is 63.0 Å². The smallest absolute Gasteiger partial charge is 0.162 e. The van der Waals surface area contributed by atoms with Gasteiger partial charge in [0.15, 0.2) is 17.5 Å². The van der Waals surface area contributed by atoms with Crippen LogP contribution in [0.3, 0.4) is 0 Å². The number of pyridine rings is 7. The summed E-state index contributed by atoms with van der Waals surface area (Å²) in [7, 11) is 5.53. The molecule has 0 amide bonds. The molecule has 0 saturated heterocycles. The highest BCUT2D eigenvalue weighted by Gasteiger charge is 2.30. The molecule has 45 heteroatoms. The zero-order valence-electron chi connectivity index (χ0n) is 79.4. The summed E-state index contributed by atoms with van der Waals surface area (Å²) in [6.07, 6.45) is 26.5. The van der Waals surface area contributed by atoms with Crippen molar-refractivity contribution in [3.05, 3.63) is 250 Å². The summed E-state index contributed by atoms with van der Waals surface area (Å²) < 4.78 is 136. The van der Waals surface area contributed by atoms with E-state index in [1.54, 1.807) is 165 Å². The first-order valence-corrected chi connectivity index (χ1v) is 55.5. The molecule has 0 fully saturated rings. The van der Waals surface area contributed by atoms with Gasteiger partial charge in [-0.3, -0.25) is 46.0 Å². The molecule has 10 N–H and O–H groups in total. The van der Waals surface area contributed by atoms with Crippen LogP contribution in [0.2, 0.25) is 0 Å². The van der Waals surface area contributed by atoms with Crippen LogP contribution in [-0.4, -0.2) is 202 Å². The van der Waals surface area contributed by atoms with Crippen LogP contribution in [0.15, 0.2) is 254 Å². The van der Waals surface area contributed by atoms with Crippen LogP contribution in [0.25, 0.3) is 164 Å². The molecular weight excluding hydrogens is 2060 g/mol. The first kappa shape index (κ1) is 105. The number of hydrogen-bond donors (Lipinski definition) is 5. The largest absolute Gasteiger partial charge is 0.396 e. The molecule has 0 aliphatic heterocycles. The maximum Gasteiger partial charge on any atom is 0.162 e. The molecule has 0 aliphatic rings. The number of aryl methyl sites for hydroxylation is 2. The number of nitrogens with two attached hydrogens (primary N) is 5. The van der Waals surface area contributed by atoms with Gasteiger partial charge >= 0.3 is 0 Å². The van der Waals surface area contributed by atoms with Gasteiger partial charge in [-0.1, -0.05) is 0 Å². The Hall–Kier alpha value is -13.5. The van der Waals surface area contributed by atoms with Crippen molar-refractivity contribution in [3.63, 3.8) is 0 Å². The monoisotopic (exact) mass is 2150 g/mol. The molecule has 1 unspecified atom stereocenters. The number of halogens is 3. The molecule has 20 aromatic rings. The van der Waals surface area contributed by atoms with Crippen LogP contribution in [0.4, 0.5) is 41.6 Å². The van der Waals surface area contributed by atoms with Crippen molar-refractivity contribution in [2.45, 2.75) is 40.3 Å². The molecular formula is C101H95F3N22O10S10. The van der Waals surface area contributed by atoms with Crippen LogP contribution < -0.4 is 28.7 Å². The number of methoxy groups -OCH3 is 5. The van der Waals surface area contributed by atoms with Gasteiger partial charge in [0, 0.05) is 227 Å². The van der Waals surface area contributed by atoms with E-state index in [1.807, 2.05) is 90.2 Å². The van der Waals surface area contributed by atoms with Gasteiger partial charge in [-0.15, -0.1) is 56.7 Å². The van der Waals surface area contributed by atoms with E-state index in [0.717, 1.165) is 82.2 Å². The summed E-state index contributed by atoms with van der Waals surface area (Å²) in [5.74, 6) is 2.52. The minimum absolute atomic E-state index is 0.336. The molecule has 0 saturated carbocycles. The number of benzene rings is 3. The van der Waals surface area contributed by atoms with Gasteiger partial charge in [0.05, 0.1) is 176 Å². The zero-order chi connectivity index (χ0) is 103. The predicted octanol–water partition coefficient (Wildman–Crippen LogP) is 19.0. The third-order valence-corrected chi connectivity index (χ3v) is 36.7. The lowest BCUT2D eigenvalue weighted by atomic mass is 10.1. The Balaban J connectivity index is 0.000000131. The van der Waals surface area contributed by atoms with E-state index in [9.17, 15) is 34.2 Å². The molecule has 32 nitrogen and oxygen atoms in total. The van der Waals surface area contributed by atoms with E-state index in [0.29, 0.717) is 212 Å².